The Morgan fingerprint density at radius 3 is 2.08 bits per heavy atom. The van der Waals surface area contributed by atoms with Gasteiger partial charge in [0.05, 0.1) is 37.5 Å². The van der Waals surface area contributed by atoms with Crippen LogP contribution in [0.1, 0.15) is 17.3 Å². The molecule has 0 unspecified atom stereocenters. The molecule has 2 rings (SSSR count). The molecule has 0 bridgehead atoms. The van der Waals surface area contributed by atoms with E-state index in [0.717, 1.165) is 4.31 Å². The lowest BCUT2D eigenvalue weighted by Crippen LogP contribution is -2.32. The topological polar surface area (TPSA) is 82.1 Å². The number of esters is 1. The molecule has 0 aliphatic rings. The van der Waals surface area contributed by atoms with Crippen LogP contribution in [0.2, 0.25) is 0 Å². The van der Waals surface area contributed by atoms with Gasteiger partial charge >= 0.3 is 5.97 Å². The van der Waals surface area contributed by atoms with E-state index in [4.69, 9.17) is 14.2 Å². The number of nitrogens with zero attached hydrogens (tertiary/aromatic N) is 1. The van der Waals surface area contributed by atoms with E-state index >= 15 is 0 Å². The van der Waals surface area contributed by atoms with Gasteiger partial charge < -0.3 is 14.2 Å². The number of carbonyl (C=O) groups is 1. The largest absolute Gasteiger partial charge is 0.493 e. The number of rotatable bonds is 7. The smallest absolute Gasteiger partial charge is 0.340 e. The number of carbonyl (C=O) groups excluding carboxylic acids is 1. The standard InChI is InChI=1S/C18H21NO6S/c1-5-19(26(21,22)13-9-7-6-8-10-13)15-12-17(24-3)16(23-2)11-14(15)18(20)25-4/h6-12H,5H2,1-4H3. The van der Waals surface area contributed by atoms with Gasteiger partial charge in [0, 0.05) is 18.7 Å². The van der Waals surface area contributed by atoms with Crippen molar-refractivity contribution in [2.45, 2.75) is 11.8 Å². The van der Waals surface area contributed by atoms with Gasteiger partial charge in [0.1, 0.15) is 0 Å². The zero-order valence-electron chi connectivity index (χ0n) is 15.1. The van der Waals surface area contributed by atoms with E-state index in [-0.39, 0.29) is 22.7 Å². The molecule has 8 heteroatoms. The first-order valence-electron chi connectivity index (χ1n) is 7.82. The lowest BCUT2D eigenvalue weighted by molar-refractivity contribution is 0.0601. The molecule has 26 heavy (non-hydrogen) atoms. The molecule has 0 amide bonds. The fourth-order valence-electron chi connectivity index (χ4n) is 2.54. The molecule has 0 aromatic heterocycles. The summed E-state index contributed by atoms with van der Waals surface area (Å²) in [5.41, 5.74) is 0.215. The molecule has 0 aliphatic heterocycles. The minimum absolute atomic E-state index is 0.0616. The predicted octanol–water partition coefficient (Wildman–Crippen LogP) is 2.71. The van der Waals surface area contributed by atoms with Crippen LogP contribution in [0.3, 0.4) is 0 Å². The summed E-state index contributed by atoms with van der Waals surface area (Å²) in [6.07, 6.45) is 0. The van der Waals surface area contributed by atoms with Gasteiger partial charge in [-0.3, -0.25) is 4.31 Å². The van der Waals surface area contributed by atoms with Gasteiger partial charge in [0.15, 0.2) is 11.5 Å². The van der Waals surface area contributed by atoms with Crippen LogP contribution in [0.4, 0.5) is 5.69 Å². The van der Waals surface area contributed by atoms with Gasteiger partial charge in [-0.25, -0.2) is 13.2 Å². The van der Waals surface area contributed by atoms with Gasteiger partial charge in [0.2, 0.25) is 0 Å². The van der Waals surface area contributed by atoms with Gasteiger partial charge in [-0.1, -0.05) is 18.2 Å². The molecule has 0 atom stereocenters. The van der Waals surface area contributed by atoms with Crippen LogP contribution in [-0.4, -0.2) is 42.3 Å². The Balaban J connectivity index is 2.72. The van der Waals surface area contributed by atoms with Crippen molar-refractivity contribution in [3.63, 3.8) is 0 Å². The molecule has 0 fully saturated rings. The Hall–Kier alpha value is -2.74. The summed E-state index contributed by atoms with van der Waals surface area (Å²) in [5, 5.41) is 0. The minimum atomic E-state index is -3.88. The summed E-state index contributed by atoms with van der Waals surface area (Å²) < 4.78 is 42.6. The van der Waals surface area contributed by atoms with Gasteiger partial charge in [-0.2, -0.15) is 0 Å². The summed E-state index contributed by atoms with van der Waals surface area (Å²) >= 11 is 0. The average molecular weight is 379 g/mol. The van der Waals surface area contributed by atoms with E-state index in [2.05, 4.69) is 0 Å². The Bertz CT molecular complexity index is 880. The Morgan fingerprint density at radius 1 is 1.00 bits per heavy atom. The minimum Gasteiger partial charge on any atom is -0.493 e. The fraction of sp³-hybridized carbons (Fsp3) is 0.278. The third kappa shape index (κ3) is 3.60. The zero-order valence-corrected chi connectivity index (χ0v) is 15.9. The SMILES string of the molecule is CCN(c1cc(OC)c(OC)cc1C(=O)OC)S(=O)(=O)c1ccccc1. The summed E-state index contributed by atoms with van der Waals surface area (Å²) in [6, 6.07) is 10.9. The van der Waals surface area contributed by atoms with E-state index < -0.39 is 16.0 Å². The number of anilines is 1. The molecular weight excluding hydrogens is 358 g/mol. The normalized spacial score (nSPS) is 10.9. The number of ether oxygens (including phenoxy) is 3. The van der Waals surface area contributed by atoms with Crippen LogP contribution in [0.15, 0.2) is 47.4 Å². The van der Waals surface area contributed by atoms with E-state index in [1.807, 2.05) is 0 Å². The molecule has 0 radical (unpaired) electrons. The van der Waals surface area contributed by atoms with Crippen LogP contribution < -0.4 is 13.8 Å². The van der Waals surface area contributed by atoms with Gasteiger partial charge in [-0.15, -0.1) is 0 Å². The summed E-state index contributed by atoms with van der Waals surface area (Å²) in [4.78, 5) is 12.4. The van der Waals surface area contributed by atoms with E-state index in [1.54, 1.807) is 25.1 Å². The first-order valence-corrected chi connectivity index (χ1v) is 9.26. The van der Waals surface area contributed by atoms with Crippen molar-refractivity contribution in [2.75, 3.05) is 32.2 Å². The third-order valence-corrected chi connectivity index (χ3v) is 5.70. The monoisotopic (exact) mass is 379 g/mol. The van der Waals surface area contributed by atoms with Crippen molar-refractivity contribution in [3.05, 3.63) is 48.0 Å². The predicted molar refractivity (Wildman–Crippen MR) is 97.5 cm³/mol. The average Bonchev–Trinajstić information content (AvgIpc) is 2.67. The second kappa shape index (κ2) is 8.09. The first-order chi connectivity index (χ1) is 12.4. The molecule has 2 aromatic carbocycles. The molecule has 7 nitrogen and oxygen atoms in total. The highest BCUT2D eigenvalue weighted by Crippen LogP contribution is 2.37. The highest BCUT2D eigenvalue weighted by atomic mass is 32.2. The second-order valence-corrected chi connectivity index (χ2v) is 7.06. The highest BCUT2D eigenvalue weighted by Gasteiger charge is 2.29. The number of methoxy groups -OCH3 is 3. The maximum absolute atomic E-state index is 13.1. The van der Waals surface area contributed by atoms with Crippen molar-refractivity contribution in [1.82, 2.24) is 0 Å². The summed E-state index contributed by atoms with van der Waals surface area (Å²) in [5.74, 6) is -0.0793. The van der Waals surface area contributed by atoms with Gasteiger partial charge in [0.25, 0.3) is 10.0 Å². The lowest BCUT2D eigenvalue weighted by atomic mass is 10.1. The maximum atomic E-state index is 13.1. The Labute approximate surface area is 153 Å². The molecule has 0 saturated carbocycles. The molecule has 0 heterocycles. The van der Waals surface area contributed by atoms with Crippen LogP contribution in [0.25, 0.3) is 0 Å². The van der Waals surface area contributed by atoms with Crippen LogP contribution in [0, 0.1) is 0 Å². The van der Waals surface area contributed by atoms with E-state index in [0.29, 0.717) is 11.5 Å². The van der Waals surface area contributed by atoms with Crippen molar-refractivity contribution >= 4 is 21.7 Å². The highest BCUT2D eigenvalue weighted by molar-refractivity contribution is 7.92. The first kappa shape index (κ1) is 19.6. The van der Waals surface area contributed by atoms with Crippen LogP contribution in [0.5, 0.6) is 11.5 Å². The molecule has 140 valence electrons. The molecule has 0 spiro atoms. The number of benzene rings is 2. The molecular formula is C18H21NO6S. The summed E-state index contributed by atoms with van der Waals surface area (Å²) in [7, 11) is 0.203. The zero-order chi connectivity index (χ0) is 19.3. The number of hydrogen-bond acceptors (Lipinski definition) is 6. The van der Waals surface area contributed by atoms with E-state index in [9.17, 15) is 13.2 Å². The molecule has 2 aromatic rings. The lowest BCUT2D eigenvalue weighted by Gasteiger charge is -2.25. The quantitative estimate of drug-likeness (QED) is 0.688. The second-order valence-electron chi connectivity index (χ2n) is 5.20. The van der Waals surface area contributed by atoms with Crippen molar-refractivity contribution < 1.29 is 27.4 Å². The number of sulfonamides is 1. The van der Waals surface area contributed by atoms with Crippen LogP contribution >= 0.6 is 0 Å². The van der Waals surface area contributed by atoms with Gasteiger partial charge in [-0.05, 0) is 19.1 Å². The molecule has 0 aliphatic carbocycles. The van der Waals surface area contributed by atoms with E-state index in [1.165, 1.54) is 45.6 Å². The molecule has 0 N–H and O–H groups in total. The summed E-state index contributed by atoms with van der Waals surface area (Å²) in [6.45, 7) is 1.79. The number of hydrogen-bond donors (Lipinski definition) is 0. The third-order valence-electron chi connectivity index (χ3n) is 3.79. The fourth-order valence-corrected chi connectivity index (χ4v) is 4.04. The Morgan fingerprint density at radius 2 is 1.58 bits per heavy atom. The van der Waals surface area contributed by atoms with Crippen molar-refractivity contribution in [3.8, 4) is 11.5 Å². The van der Waals surface area contributed by atoms with Crippen molar-refractivity contribution in [1.29, 1.82) is 0 Å². The molecule has 0 saturated heterocycles. The maximum Gasteiger partial charge on any atom is 0.340 e. The van der Waals surface area contributed by atoms with Crippen LogP contribution in [-0.2, 0) is 14.8 Å². The Kier molecular flexibility index (Phi) is 6.10. The van der Waals surface area contributed by atoms with Crippen molar-refractivity contribution in [2.24, 2.45) is 0 Å².